The number of nitrogens with zero attached hydrogens (tertiary/aromatic N) is 2. The predicted octanol–water partition coefficient (Wildman–Crippen LogP) is 4.74. The van der Waals surface area contributed by atoms with Crippen molar-refractivity contribution in [2.75, 3.05) is 38.9 Å². The monoisotopic (exact) mass is 580 g/mol. The molecule has 224 valence electrons. The zero-order valence-corrected chi connectivity index (χ0v) is 23.9. The zero-order valence-electron chi connectivity index (χ0n) is 23.9. The topological polar surface area (TPSA) is 113 Å². The molecule has 42 heavy (non-hydrogen) atoms. The van der Waals surface area contributed by atoms with E-state index in [2.05, 4.69) is 6.58 Å². The lowest BCUT2D eigenvalue weighted by Gasteiger charge is -2.38. The summed E-state index contributed by atoms with van der Waals surface area (Å²) in [5.41, 5.74) is 2.34. The lowest BCUT2D eigenvalue weighted by atomic mass is 10.0. The largest absolute Gasteiger partial charge is 0.493 e. The number of anilines is 1. The molecule has 1 fully saturated rings. The molecular formula is C31H36N2O9. The van der Waals surface area contributed by atoms with E-state index < -0.39 is 24.7 Å². The summed E-state index contributed by atoms with van der Waals surface area (Å²) in [4.78, 5) is 42.8. The van der Waals surface area contributed by atoms with Gasteiger partial charge in [0.1, 0.15) is 12.6 Å². The standard InChI is InChI=1S/C31H36N2O9/c1-4-14-41-31(36)33-23-18-25(39-16-9-12-26(34)38-3)24(37-2)17-22(23)29(35)32-19-20-10-5-6-11-21(20)28(32)30(33)42-27-13-7-8-15-40-27/h4-6,10-11,17-18,27-28,30H,1,7-9,12-16,19H2,2-3H3/t27?,28-,30?/m0/s1. The summed E-state index contributed by atoms with van der Waals surface area (Å²) in [6.07, 6.45) is 2.28. The summed E-state index contributed by atoms with van der Waals surface area (Å²) in [5, 5.41) is 0. The Morgan fingerprint density at radius 1 is 1.14 bits per heavy atom. The molecule has 3 aliphatic rings. The quantitative estimate of drug-likeness (QED) is 0.223. The van der Waals surface area contributed by atoms with Gasteiger partial charge < -0.3 is 33.3 Å². The van der Waals surface area contributed by atoms with Crippen LogP contribution in [0.2, 0.25) is 0 Å². The summed E-state index contributed by atoms with van der Waals surface area (Å²) in [6, 6.07) is 10.3. The SMILES string of the molecule is C=CCOC(=O)N1c2cc(OCCCC(=O)OC)c(OC)cc2C(=O)N2Cc3ccccc3[C@H]2C1OC1CCCCO1. The maximum Gasteiger partial charge on any atom is 0.416 e. The minimum Gasteiger partial charge on any atom is -0.493 e. The van der Waals surface area contributed by atoms with E-state index in [-0.39, 0.29) is 42.8 Å². The Morgan fingerprint density at radius 3 is 2.71 bits per heavy atom. The van der Waals surface area contributed by atoms with E-state index in [1.807, 2.05) is 24.3 Å². The highest BCUT2D eigenvalue weighted by atomic mass is 16.7. The summed E-state index contributed by atoms with van der Waals surface area (Å²) >= 11 is 0. The van der Waals surface area contributed by atoms with Gasteiger partial charge in [-0.15, -0.1) is 0 Å². The van der Waals surface area contributed by atoms with Gasteiger partial charge in [0.05, 0.1) is 32.1 Å². The molecule has 11 nitrogen and oxygen atoms in total. The highest BCUT2D eigenvalue weighted by molar-refractivity contribution is 6.06. The highest BCUT2D eigenvalue weighted by Crippen LogP contribution is 2.47. The second-order valence-electron chi connectivity index (χ2n) is 10.2. The maximum atomic E-state index is 14.3. The van der Waals surface area contributed by atoms with Crippen molar-refractivity contribution >= 4 is 23.7 Å². The third-order valence-corrected chi connectivity index (χ3v) is 7.57. The van der Waals surface area contributed by atoms with E-state index in [4.69, 9.17) is 28.4 Å². The summed E-state index contributed by atoms with van der Waals surface area (Å²) < 4.78 is 34.4. The number of rotatable bonds is 10. The number of esters is 1. The highest BCUT2D eigenvalue weighted by Gasteiger charge is 2.49. The second-order valence-corrected chi connectivity index (χ2v) is 10.2. The van der Waals surface area contributed by atoms with Crippen molar-refractivity contribution in [2.45, 2.75) is 57.2 Å². The maximum absolute atomic E-state index is 14.3. The first-order valence-electron chi connectivity index (χ1n) is 14.1. The molecule has 3 atom stereocenters. The number of benzene rings is 2. The average Bonchev–Trinajstić information content (AvgIpc) is 3.37. The number of carbonyl (C=O) groups is 3. The molecule has 0 N–H and O–H groups in total. The van der Waals surface area contributed by atoms with Crippen LogP contribution in [0.25, 0.3) is 0 Å². The number of hydrogen-bond acceptors (Lipinski definition) is 9. The van der Waals surface area contributed by atoms with Crippen molar-refractivity contribution in [3.05, 3.63) is 65.7 Å². The fourth-order valence-corrected chi connectivity index (χ4v) is 5.56. The fourth-order valence-electron chi connectivity index (χ4n) is 5.56. The van der Waals surface area contributed by atoms with Gasteiger partial charge in [0.25, 0.3) is 5.91 Å². The number of amides is 2. The normalized spacial score (nSPS) is 21.0. The lowest BCUT2D eigenvalue weighted by Crippen LogP contribution is -2.50. The fraction of sp³-hybridized carbons (Fsp3) is 0.452. The van der Waals surface area contributed by atoms with Crippen LogP contribution in [-0.4, -0.2) is 69.4 Å². The molecule has 0 spiro atoms. The van der Waals surface area contributed by atoms with Crippen molar-refractivity contribution in [1.82, 2.24) is 4.90 Å². The first-order valence-corrected chi connectivity index (χ1v) is 14.1. The molecule has 3 heterocycles. The molecule has 0 aromatic heterocycles. The number of hydrogen-bond donors (Lipinski definition) is 0. The molecule has 0 radical (unpaired) electrons. The summed E-state index contributed by atoms with van der Waals surface area (Å²) in [5.74, 6) is -0.0349. The van der Waals surface area contributed by atoms with Gasteiger partial charge in [-0.05, 0) is 42.9 Å². The van der Waals surface area contributed by atoms with Gasteiger partial charge in [-0.1, -0.05) is 36.9 Å². The molecule has 5 rings (SSSR count). The predicted molar refractivity (Wildman–Crippen MR) is 151 cm³/mol. The molecule has 2 aromatic carbocycles. The van der Waals surface area contributed by atoms with E-state index in [1.165, 1.54) is 25.2 Å². The number of carbonyl (C=O) groups excluding carboxylic acids is 3. The number of fused-ring (bicyclic) bond motifs is 4. The molecule has 11 heteroatoms. The third-order valence-electron chi connectivity index (χ3n) is 7.57. The van der Waals surface area contributed by atoms with Crippen LogP contribution >= 0.6 is 0 Å². The van der Waals surface area contributed by atoms with Gasteiger partial charge in [-0.3, -0.25) is 9.59 Å². The van der Waals surface area contributed by atoms with Crippen LogP contribution in [0.4, 0.5) is 10.5 Å². The Kier molecular flexibility index (Phi) is 9.28. The van der Waals surface area contributed by atoms with Gasteiger partial charge in [-0.25, -0.2) is 9.69 Å². The van der Waals surface area contributed by atoms with E-state index in [1.54, 1.807) is 17.0 Å². The van der Waals surface area contributed by atoms with Crippen molar-refractivity contribution in [3.8, 4) is 11.5 Å². The summed E-state index contributed by atoms with van der Waals surface area (Å²) in [6.45, 7) is 4.69. The van der Waals surface area contributed by atoms with E-state index in [9.17, 15) is 14.4 Å². The van der Waals surface area contributed by atoms with Gasteiger partial charge in [0.15, 0.2) is 24.0 Å². The van der Waals surface area contributed by atoms with Crippen LogP contribution in [-0.2, 0) is 30.3 Å². The third kappa shape index (κ3) is 5.93. The van der Waals surface area contributed by atoms with Gasteiger partial charge in [-0.2, -0.15) is 0 Å². The zero-order chi connectivity index (χ0) is 29.6. The van der Waals surface area contributed by atoms with Crippen LogP contribution in [0, 0.1) is 0 Å². The lowest BCUT2D eigenvalue weighted by molar-refractivity contribution is -0.197. The molecule has 3 aliphatic heterocycles. The first-order chi connectivity index (χ1) is 20.5. The Hall–Kier alpha value is -4.09. The van der Waals surface area contributed by atoms with E-state index >= 15 is 0 Å². The number of ether oxygens (including phenoxy) is 6. The smallest absolute Gasteiger partial charge is 0.416 e. The van der Waals surface area contributed by atoms with Gasteiger partial charge >= 0.3 is 12.1 Å². The molecular weight excluding hydrogens is 544 g/mol. The first kappa shape index (κ1) is 29.4. The van der Waals surface area contributed by atoms with Crippen molar-refractivity contribution in [2.24, 2.45) is 0 Å². The molecule has 2 amide bonds. The molecule has 1 saturated heterocycles. The van der Waals surface area contributed by atoms with Crippen molar-refractivity contribution < 1.29 is 42.8 Å². The molecule has 0 bridgehead atoms. The van der Waals surface area contributed by atoms with Crippen LogP contribution in [0.3, 0.4) is 0 Å². The van der Waals surface area contributed by atoms with Crippen molar-refractivity contribution in [3.63, 3.8) is 0 Å². The Morgan fingerprint density at radius 2 is 1.98 bits per heavy atom. The Bertz CT molecular complexity index is 1320. The second kappa shape index (κ2) is 13.3. The van der Waals surface area contributed by atoms with Gasteiger partial charge in [0, 0.05) is 25.6 Å². The number of methoxy groups -OCH3 is 2. The molecule has 2 aromatic rings. The Balaban J connectivity index is 1.61. The van der Waals surface area contributed by atoms with E-state index in [0.717, 1.165) is 24.0 Å². The molecule has 2 unspecified atom stereocenters. The molecule has 0 aliphatic carbocycles. The Labute approximate surface area is 244 Å². The van der Waals surface area contributed by atoms with Crippen LogP contribution in [0.1, 0.15) is 59.6 Å². The van der Waals surface area contributed by atoms with Crippen LogP contribution < -0.4 is 14.4 Å². The van der Waals surface area contributed by atoms with Gasteiger partial charge in [0.2, 0.25) is 0 Å². The van der Waals surface area contributed by atoms with Crippen LogP contribution in [0.15, 0.2) is 49.1 Å². The minimum atomic E-state index is -0.972. The summed E-state index contributed by atoms with van der Waals surface area (Å²) in [7, 11) is 2.80. The van der Waals surface area contributed by atoms with E-state index in [0.29, 0.717) is 37.5 Å². The van der Waals surface area contributed by atoms with Crippen LogP contribution in [0.5, 0.6) is 11.5 Å². The average molecular weight is 581 g/mol. The van der Waals surface area contributed by atoms with Crippen molar-refractivity contribution in [1.29, 1.82) is 0 Å². The molecule has 0 saturated carbocycles. The minimum absolute atomic E-state index is 0.0384.